The van der Waals surface area contributed by atoms with Gasteiger partial charge in [0.05, 0.1) is 12.3 Å². The van der Waals surface area contributed by atoms with Crippen molar-refractivity contribution in [1.29, 1.82) is 0 Å². The van der Waals surface area contributed by atoms with E-state index in [4.69, 9.17) is 14.2 Å². The normalized spacial score (nSPS) is 12.2. The van der Waals surface area contributed by atoms with Gasteiger partial charge in [0.25, 0.3) is 5.91 Å². The number of ether oxygens (including phenoxy) is 3. The number of hydrogen-bond donors (Lipinski definition) is 2. The fourth-order valence-corrected chi connectivity index (χ4v) is 2.66. The van der Waals surface area contributed by atoms with Crippen molar-refractivity contribution < 1.29 is 28.6 Å². The van der Waals surface area contributed by atoms with Crippen LogP contribution in [0.3, 0.4) is 0 Å². The second-order valence-corrected chi connectivity index (χ2v) is 6.03. The Morgan fingerprint density at radius 1 is 1.12 bits per heavy atom. The quantitative estimate of drug-likeness (QED) is 0.504. The van der Waals surface area contributed by atoms with Crippen LogP contribution in [-0.2, 0) is 19.1 Å². The second-order valence-electron chi connectivity index (χ2n) is 4.99. The van der Waals surface area contributed by atoms with E-state index in [9.17, 15) is 14.4 Å². The third kappa shape index (κ3) is 6.54. The molecule has 0 radical (unpaired) electrons. The minimum atomic E-state index is -0.524. The maximum Gasteiger partial charge on any atom is 0.316 e. The molecule has 1 aromatic rings. The van der Waals surface area contributed by atoms with E-state index in [0.29, 0.717) is 31.3 Å². The Labute approximate surface area is 149 Å². The van der Waals surface area contributed by atoms with E-state index in [-0.39, 0.29) is 18.2 Å². The molecule has 0 aliphatic carbocycles. The zero-order valence-electron chi connectivity index (χ0n) is 13.8. The lowest BCUT2D eigenvalue weighted by Gasteiger charge is -2.18. The summed E-state index contributed by atoms with van der Waals surface area (Å²) in [5.74, 6) is 0.0492. The van der Waals surface area contributed by atoms with Crippen LogP contribution in [-0.4, -0.2) is 56.4 Å². The van der Waals surface area contributed by atoms with Gasteiger partial charge in [0.2, 0.25) is 5.91 Å². The SMILES string of the molecule is CCNC(=O)CNC(=O)COC(=O)CSc1ccc2c(c1)OCCO2. The number of likely N-dealkylation sites (N-methyl/N-ethyl adjacent to an activating group) is 1. The molecule has 1 aliphatic heterocycles. The molecule has 0 bridgehead atoms. The first-order valence-corrected chi connectivity index (χ1v) is 8.78. The number of esters is 1. The zero-order chi connectivity index (χ0) is 18.1. The maximum atomic E-state index is 11.7. The predicted octanol–water partition coefficient (Wildman–Crippen LogP) is 0.345. The Hall–Kier alpha value is -2.42. The topological polar surface area (TPSA) is 103 Å². The lowest BCUT2D eigenvalue weighted by atomic mass is 10.3. The van der Waals surface area contributed by atoms with Crippen LogP contribution in [0.1, 0.15) is 6.92 Å². The van der Waals surface area contributed by atoms with Gasteiger partial charge in [-0.3, -0.25) is 14.4 Å². The molecule has 2 N–H and O–H groups in total. The number of carbonyl (C=O) groups excluding carboxylic acids is 3. The summed E-state index contributed by atoms with van der Waals surface area (Å²) in [6.45, 7) is 2.72. The molecule has 0 spiro atoms. The second kappa shape index (κ2) is 9.77. The van der Waals surface area contributed by atoms with Gasteiger partial charge in [-0.25, -0.2) is 0 Å². The summed E-state index contributed by atoms with van der Waals surface area (Å²) < 4.78 is 15.8. The number of carbonyl (C=O) groups is 3. The Kier molecular flexibility index (Phi) is 7.39. The average molecular weight is 368 g/mol. The number of benzene rings is 1. The molecule has 1 aliphatic rings. The van der Waals surface area contributed by atoms with Crippen LogP contribution in [0, 0.1) is 0 Å². The monoisotopic (exact) mass is 368 g/mol. The van der Waals surface area contributed by atoms with Crippen LogP contribution < -0.4 is 20.1 Å². The lowest BCUT2D eigenvalue weighted by Crippen LogP contribution is -2.38. The third-order valence-corrected chi connectivity index (χ3v) is 4.02. The van der Waals surface area contributed by atoms with E-state index in [0.717, 1.165) is 4.90 Å². The van der Waals surface area contributed by atoms with E-state index in [1.807, 2.05) is 6.07 Å². The first kappa shape index (κ1) is 18.9. The van der Waals surface area contributed by atoms with Crippen molar-refractivity contribution in [3.63, 3.8) is 0 Å². The standard InChI is InChI=1S/C16H20N2O6S/c1-2-17-14(19)8-18-15(20)9-24-16(21)10-25-11-3-4-12-13(7-11)23-6-5-22-12/h3-4,7H,2,5-6,8-10H2,1H3,(H,17,19)(H,18,20). The lowest BCUT2D eigenvalue weighted by molar-refractivity contribution is -0.146. The summed E-state index contributed by atoms with van der Waals surface area (Å²) in [6.07, 6.45) is 0. The van der Waals surface area contributed by atoms with Crippen molar-refractivity contribution in [1.82, 2.24) is 10.6 Å². The summed E-state index contributed by atoms with van der Waals surface area (Å²) in [4.78, 5) is 35.2. The molecule has 2 amide bonds. The molecule has 1 heterocycles. The van der Waals surface area contributed by atoms with Gasteiger partial charge in [0.1, 0.15) is 13.2 Å². The molecule has 0 saturated heterocycles. The fourth-order valence-electron chi connectivity index (χ4n) is 1.93. The highest BCUT2D eigenvalue weighted by atomic mass is 32.2. The van der Waals surface area contributed by atoms with E-state index in [1.54, 1.807) is 19.1 Å². The highest BCUT2D eigenvalue weighted by molar-refractivity contribution is 8.00. The van der Waals surface area contributed by atoms with Crippen LogP contribution in [0.15, 0.2) is 23.1 Å². The molecule has 9 heteroatoms. The summed E-state index contributed by atoms with van der Waals surface area (Å²) >= 11 is 1.27. The smallest absolute Gasteiger partial charge is 0.316 e. The molecule has 0 fully saturated rings. The number of hydrogen-bond acceptors (Lipinski definition) is 7. The molecule has 2 rings (SSSR count). The highest BCUT2D eigenvalue weighted by Crippen LogP contribution is 2.34. The van der Waals surface area contributed by atoms with Crippen molar-refractivity contribution in [2.75, 3.05) is 38.7 Å². The molecule has 25 heavy (non-hydrogen) atoms. The van der Waals surface area contributed by atoms with Gasteiger partial charge in [0.15, 0.2) is 18.1 Å². The van der Waals surface area contributed by atoms with Crippen LogP contribution >= 0.6 is 11.8 Å². The van der Waals surface area contributed by atoms with Crippen LogP contribution in [0.25, 0.3) is 0 Å². The molecular weight excluding hydrogens is 348 g/mol. The van der Waals surface area contributed by atoms with E-state index in [1.165, 1.54) is 11.8 Å². The van der Waals surface area contributed by atoms with Crippen molar-refractivity contribution >= 4 is 29.5 Å². The van der Waals surface area contributed by atoms with Crippen LogP contribution in [0.5, 0.6) is 11.5 Å². The van der Waals surface area contributed by atoms with E-state index < -0.39 is 18.5 Å². The van der Waals surface area contributed by atoms with Gasteiger partial charge in [0, 0.05) is 11.4 Å². The Morgan fingerprint density at radius 3 is 2.64 bits per heavy atom. The van der Waals surface area contributed by atoms with Gasteiger partial charge >= 0.3 is 5.97 Å². The van der Waals surface area contributed by atoms with Crippen LogP contribution in [0.4, 0.5) is 0 Å². The van der Waals surface area contributed by atoms with Gasteiger partial charge in [-0.15, -0.1) is 11.8 Å². The fraction of sp³-hybridized carbons (Fsp3) is 0.438. The maximum absolute atomic E-state index is 11.7. The minimum absolute atomic E-state index is 0.0588. The molecule has 0 unspecified atom stereocenters. The van der Waals surface area contributed by atoms with Gasteiger partial charge < -0.3 is 24.8 Å². The summed E-state index contributed by atoms with van der Waals surface area (Å²) in [6, 6.07) is 5.41. The van der Waals surface area contributed by atoms with Crippen molar-refractivity contribution in [2.45, 2.75) is 11.8 Å². The van der Waals surface area contributed by atoms with Crippen molar-refractivity contribution in [2.24, 2.45) is 0 Å². The molecule has 1 aromatic carbocycles. The predicted molar refractivity (Wildman–Crippen MR) is 90.8 cm³/mol. The molecule has 0 atom stereocenters. The summed E-state index contributed by atoms with van der Waals surface area (Å²) in [5, 5.41) is 4.91. The van der Waals surface area contributed by atoms with Crippen LogP contribution in [0.2, 0.25) is 0 Å². The first-order chi connectivity index (χ1) is 12.1. The Bertz CT molecular complexity index is 637. The van der Waals surface area contributed by atoms with Gasteiger partial charge in [-0.05, 0) is 25.1 Å². The number of thioether (sulfide) groups is 1. The zero-order valence-corrected chi connectivity index (χ0v) is 14.6. The largest absolute Gasteiger partial charge is 0.486 e. The first-order valence-electron chi connectivity index (χ1n) is 7.80. The highest BCUT2D eigenvalue weighted by Gasteiger charge is 2.13. The molecule has 0 saturated carbocycles. The number of rotatable bonds is 8. The third-order valence-electron chi connectivity index (χ3n) is 3.05. The van der Waals surface area contributed by atoms with Crippen molar-refractivity contribution in [3.05, 3.63) is 18.2 Å². The Balaban J connectivity index is 1.67. The molecule has 136 valence electrons. The summed E-state index contributed by atoms with van der Waals surface area (Å²) in [5.41, 5.74) is 0. The summed E-state index contributed by atoms with van der Waals surface area (Å²) in [7, 11) is 0. The van der Waals surface area contributed by atoms with E-state index in [2.05, 4.69) is 10.6 Å². The van der Waals surface area contributed by atoms with Crippen molar-refractivity contribution in [3.8, 4) is 11.5 Å². The van der Waals surface area contributed by atoms with Gasteiger partial charge in [-0.1, -0.05) is 0 Å². The van der Waals surface area contributed by atoms with Gasteiger partial charge in [-0.2, -0.15) is 0 Å². The molecule has 0 aromatic heterocycles. The number of fused-ring (bicyclic) bond motifs is 1. The number of amides is 2. The average Bonchev–Trinajstić information content (AvgIpc) is 2.63. The Morgan fingerprint density at radius 2 is 1.88 bits per heavy atom. The molecule has 8 nitrogen and oxygen atoms in total. The molecular formula is C16H20N2O6S. The number of nitrogens with one attached hydrogen (secondary N) is 2. The van der Waals surface area contributed by atoms with E-state index >= 15 is 0 Å². The minimum Gasteiger partial charge on any atom is -0.486 e.